The normalized spacial score (nSPS) is 13.9. The number of hydrogen-bond acceptors (Lipinski definition) is 1. The molecule has 2 atom stereocenters. The van der Waals surface area contributed by atoms with E-state index < -0.39 is 0 Å². The third kappa shape index (κ3) is 4.77. The quantitative estimate of drug-likeness (QED) is 0.774. The molecule has 0 heterocycles. The third-order valence-electron chi connectivity index (χ3n) is 3.61. The van der Waals surface area contributed by atoms with Gasteiger partial charge in [0.25, 0.3) is 0 Å². The molecule has 0 aliphatic rings. The molecule has 0 aliphatic heterocycles. The van der Waals surface area contributed by atoms with Crippen LogP contribution in [0.25, 0.3) is 0 Å². The van der Waals surface area contributed by atoms with Gasteiger partial charge in [0.2, 0.25) is 0 Å². The lowest BCUT2D eigenvalue weighted by Crippen LogP contribution is -2.29. The van der Waals surface area contributed by atoms with Crippen molar-refractivity contribution in [3.05, 3.63) is 70.2 Å². The molecule has 20 heavy (non-hydrogen) atoms. The summed E-state index contributed by atoms with van der Waals surface area (Å²) in [5.74, 6) is 0. The zero-order valence-corrected chi connectivity index (χ0v) is 13.7. The van der Waals surface area contributed by atoms with Crippen LogP contribution in [0.3, 0.4) is 0 Å². The van der Waals surface area contributed by atoms with E-state index in [-0.39, 0.29) is 0 Å². The Hall–Kier alpha value is -1.12. The highest BCUT2D eigenvalue weighted by Gasteiger charge is 2.09. The lowest BCUT2D eigenvalue weighted by molar-refractivity contribution is 0.456. The second-order valence-corrected chi connectivity index (χ2v) is 6.28. The van der Waals surface area contributed by atoms with Crippen LogP contribution in [0, 0.1) is 0 Å². The van der Waals surface area contributed by atoms with Crippen LogP contribution in [0.5, 0.6) is 0 Å². The van der Waals surface area contributed by atoms with Gasteiger partial charge < -0.3 is 5.32 Å². The van der Waals surface area contributed by atoms with Crippen LogP contribution in [-0.4, -0.2) is 6.04 Å². The maximum Gasteiger partial charge on any atom is 0.0294 e. The molecule has 2 rings (SSSR count). The Bertz CT molecular complexity index is 507. The standard InChI is InChI=1S/C18H22BrN/c1-14(8-9-16-6-4-3-5-7-16)20-15(2)17-10-12-18(19)13-11-17/h3-7,10-15,20H,8-9H2,1-2H3/t14?,15-/m1/s1. The summed E-state index contributed by atoms with van der Waals surface area (Å²) in [7, 11) is 0. The molecular weight excluding hydrogens is 310 g/mol. The van der Waals surface area contributed by atoms with Gasteiger partial charge in [-0.2, -0.15) is 0 Å². The number of hydrogen-bond donors (Lipinski definition) is 1. The summed E-state index contributed by atoms with van der Waals surface area (Å²) in [6.45, 7) is 4.49. The summed E-state index contributed by atoms with van der Waals surface area (Å²) in [4.78, 5) is 0. The van der Waals surface area contributed by atoms with E-state index >= 15 is 0 Å². The van der Waals surface area contributed by atoms with Gasteiger partial charge in [0.05, 0.1) is 0 Å². The Balaban J connectivity index is 1.82. The second-order valence-electron chi connectivity index (χ2n) is 5.37. The van der Waals surface area contributed by atoms with Crippen molar-refractivity contribution >= 4 is 15.9 Å². The van der Waals surface area contributed by atoms with E-state index in [1.165, 1.54) is 11.1 Å². The number of benzene rings is 2. The molecule has 2 heteroatoms. The number of rotatable bonds is 6. The van der Waals surface area contributed by atoms with Crippen molar-refractivity contribution in [2.75, 3.05) is 0 Å². The summed E-state index contributed by atoms with van der Waals surface area (Å²) in [6.07, 6.45) is 2.28. The predicted molar refractivity (Wildman–Crippen MR) is 89.9 cm³/mol. The topological polar surface area (TPSA) is 12.0 Å². The molecule has 0 aromatic heterocycles. The molecule has 1 N–H and O–H groups in total. The summed E-state index contributed by atoms with van der Waals surface area (Å²) >= 11 is 3.48. The lowest BCUT2D eigenvalue weighted by Gasteiger charge is -2.20. The molecular formula is C18H22BrN. The van der Waals surface area contributed by atoms with Crippen molar-refractivity contribution in [3.8, 4) is 0 Å². The van der Waals surface area contributed by atoms with E-state index in [9.17, 15) is 0 Å². The molecule has 0 amide bonds. The maximum absolute atomic E-state index is 3.67. The van der Waals surface area contributed by atoms with Gasteiger partial charge >= 0.3 is 0 Å². The van der Waals surface area contributed by atoms with Gasteiger partial charge in [-0.3, -0.25) is 0 Å². The zero-order valence-electron chi connectivity index (χ0n) is 12.1. The molecule has 0 spiro atoms. The first-order chi connectivity index (χ1) is 9.65. The van der Waals surface area contributed by atoms with Crippen LogP contribution in [-0.2, 0) is 6.42 Å². The number of aryl methyl sites for hydroxylation is 1. The molecule has 2 aromatic carbocycles. The SMILES string of the molecule is CC(CCc1ccccc1)N[C@H](C)c1ccc(Br)cc1. The molecule has 1 nitrogen and oxygen atoms in total. The number of halogens is 1. The van der Waals surface area contributed by atoms with Gasteiger partial charge in [0.1, 0.15) is 0 Å². The Kier molecular flexibility index (Phi) is 5.81. The van der Waals surface area contributed by atoms with E-state index in [0.29, 0.717) is 12.1 Å². The molecule has 2 aromatic rings. The van der Waals surface area contributed by atoms with Crippen LogP contribution in [0.15, 0.2) is 59.1 Å². The fourth-order valence-electron chi connectivity index (χ4n) is 2.39. The Labute approximate surface area is 130 Å². The Morgan fingerprint density at radius 1 is 0.950 bits per heavy atom. The van der Waals surface area contributed by atoms with Crippen molar-refractivity contribution < 1.29 is 0 Å². The van der Waals surface area contributed by atoms with Crippen molar-refractivity contribution in [1.29, 1.82) is 0 Å². The first-order valence-corrected chi connectivity index (χ1v) is 8.00. The number of nitrogens with one attached hydrogen (secondary N) is 1. The molecule has 0 bridgehead atoms. The van der Waals surface area contributed by atoms with Crippen molar-refractivity contribution in [2.24, 2.45) is 0 Å². The highest BCUT2D eigenvalue weighted by molar-refractivity contribution is 9.10. The van der Waals surface area contributed by atoms with Crippen LogP contribution < -0.4 is 5.32 Å². The monoisotopic (exact) mass is 331 g/mol. The Morgan fingerprint density at radius 2 is 1.60 bits per heavy atom. The van der Waals surface area contributed by atoms with Crippen LogP contribution in [0.1, 0.15) is 37.4 Å². The van der Waals surface area contributed by atoms with Gasteiger partial charge in [0.15, 0.2) is 0 Å². The fourth-order valence-corrected chi connectivity index (χ4v) is 2.65. The van der Waals surface area contributed by atoms with Crippen molar-refractivity contribution in [3.63, 3.8) is 0 Å². The molecule has 0 saturated heterocycles. The van der Waals surface area contributed by atoms with E-state index in [1.807, 2.05) is 0 Å². The van der Waals surface area contributed by atoms with Gasteiger partial charge in [-0.05, 0) is 49.9 Å². The smallest absolute Gasteiger partial charge is 0.0294 e. The van der Waals surface area contributed by atoms with Crippen molar-refractivity contribution in [1.82, 2.24) is 5.32 Å². The second kappa shape index (κ2) is 7.61. The van der Waals surface area contributed by atoms with E-state index in [2.05, 4.69) is 89.7 Å². The average molecular weight is 332 g/mol. The minimum absolute atomic E-state index is 0.383. The molecule has 0 aliphatic carbocycles. The average Bonchev–Trinajstić information content (AvgIpc) is 2.47. The van der Waals surface area contributed by atoms with Gasteiger partial charge in [-0.1, -0.05) is 58.4 Å². The lowest BCUT2D eigenvalue weighted by atomic mass is 10.0. The zero-order chi connectivity index (χ0) is 14.4. The van der Waals surface area contributed by atoms with Crippen molar-refractivity contribution in [2.45, 2.75) is 38.8 Å². The van der Waals surface area contributed by atoms with Crippen LogP contribution in [0.2, 0.25) is 0 Å². The highest BCUT2D eigenvalue weighted by atomic mass is 79.9. The predicted octanol–water partition coefficient (Wildman–Crippen LogP) is 5.12. The van der Waals surface area contributed by atoms with Gasteiger partial charge in [0, 0.05) is 16.6 Å². The highest BCUT2D eigenvalue weighted by Crippen LogP contribution is 2.17. The summed E-state index contributed by atoms with van der Waals surface area (Å²) in [6, 6.07) is 20.1. The molecule has 0 saturated carbocycles. The van der Waals surface area contributed by atoms with Crippen LogP contribution >= 0.6 is 15.9 Å². The third-order valence-corrected chi connectivity index (χ3v) is 4.14. The van der Waals surface area contributed by atoms with E-state index in [4.69, 9.17) is 0 Å². The van der Waals surface area contributed by atoms with Gasteiger partial charge in [-0.25, -0.2) is 0 Å². The van der Waals surface area contributed by atoms with E-state index in [1.54, 1.807) is 0 Å². The molecule has 106 valence electrons. The first kappa shape index (κ1) is 15.3. The Morgan fingerprint density at radius 3 is 2.25 bits per heavy atom. The fraction of sp³-hybridized carbons (Fsp3) is 0.333. The van der Waals surface area contributed by atoms with Crippen LogP contribution in [0.4, 0.5) is 0 Å². The maximum atomic E-state index is 3.67. The summed E-state index contributed by atoms with van der Waals surface area (Å²) in [5, 5.41) is 3.67. The summed E-state index contributed by atoms with van der Waals surface area (Å²) in [5.41, 5.74) is 2.75. The van der Waals surface area contributed by atoms with Gasteiger partial charge in [-0.15, -0.1) is 0 Å². The minimum Gasteiger partial charge on any atom is -0.308 e. The molecule has 0 fully saturated rings. The largest absolute Gasteiger partial charge is 0.308 e. The summed E-state index contributed by atoms with van der Waals surface area (Å²) < 4.78 is 1.13. The molecule has 1 unspecified atom stereocenters. The minimum atomic E-state index is 0.383. The first-order valence-electron chi connectivity index (χ1n) is 7.20. The molecule has 0 radical (unpaired) electrons. The van der Waals surface area contributed by atoms with E-state index in [0.717, 1.165) is 17.3 Å².